The highest BCUT2D eigenvalue weighted by Gasteiger charge is 2.23. The fourth-order valence-electron chi connectivity index (χ4n) is 3.67. The summed E-state index contributed by atoms with van der Waals surface area (Å²) in [6.45, 7) is 5.66. The molecule has 1 aromatic carbocycles. The van der Waals surface area contributed by atoms with Gasteiger partial charge in [0, 0.05) is 34.7 Å². The SMILES string of the molecule is CN1CCCC1CCN1CCSc2cc(N=CN)ccc21.Cc1cccs1. The molecule has 6 heteroatoms. The van der Waals surface area contributed by atoms with Crippen LogP contribution in [0.25, 0.3) is 0 Å². The molecule has 0 aliphatic carbocycles. The quantitative estimate of drug-likeness (QED) is 0.592. The fourth-order valence-corrected chi connectivity index (χ4v) is 5.28. The van der Waals surface area contributed by atoms with E-state index >= 15 is 0 Å². The van der Waals surface area contributed by atoms with Gasteiger partial charge in [0.05, 0.1) is 17.7 Å². The van der Waals surface area contributed by atoms with Crippen LogP contribution < -0.4 is 10.6 Å². The number of nitrogens with zero attached hydrogens (tertiary/aromatic N) is 3. The molecule has 0 bridgehead atoms. The first kappa shape index (κ1) is 20.2. The van der Waals surface area contributed by atoms with Gasteiger partial charge in [0.15, 0.2) is 0 Å². The number of anilines is 1. The number of fused-ring (bicyclic) bond motifs is 1. The van der Waals surface area contributed by atoms with E-state index in [1.165, 1.54) is 47.6 Å². The minimum Gasteiger partial charge on any atom is -0.390 e. The number of hydrogen-bond acceptors (Lipinski definition) is 5. The molecule has 1 saturated heterocycles. The Bertz CT molecular complexity index is 730. The van der Waals surface area contributed by atoms with E-state index in [9.17, 15) is 0 Å². The second-order valence-corrected chi connectivity index (χ2v) is 9.34. The number of likely N-dealkylation sites (tertiary alicyclic amines) is 1. The molecule has 0 radical (unpaired) electrons. The number of benzene rings is 1. The highest BCUT2D eigenvalue weighted by molar-refractivity contribution is 7.99. The third-order valence-corrected chi connectivity index (χ3v) is 7.02. The van der Waals surface area contributed by atoms with Crippen molar-refractivity contribution >= 4 is 40.8 Å². The van der Waals surface area contributed by atoms with Crippen LogP contribution in [0.15, 0.2) is 45.6 Å². The van der Waals surface area contributed by atoms with E-state index < -0.39 is 0 Å². The Balaban J connectivity index is 0.000000299. The Morgan fingerprint density at radius 2 is 2.19 bits per heavy atom. The lowest BCUT2D eigenvalue weighted by Crippen LogP contribution is -2.34. The minimum atomic E-state index is 0.768. The summed E-state index contributed by atoms with van der Waals surface area (Å²) in [4.78, 5) is 11.9. The lowest BCUT2D eigenvalue weighted by Gasteiger charge is -2.32. The molecule has 0 amide bonds. The van der Waals surface area contributed by atoms with Crippen molar-refractivity contribution in [1.82, 2.24) is 4.90 Å². The maximum Gasteiger partial charge on any atom is 0.0860 e. The molecular formula is C21H30N4S2. The molecule has 3 heterocycles. The van der Waals surface area contributed by atoms with Crippen molar-refractivity contribution in [3.05, 3.63) is 40.6 Å². The van der Waals surface area contributed by atoms with Crippen LogP contribution in [0, 0.1) is 6.92 Å². The summed E-state index contributed by atoms with van der Waals surface area (Å²) in [5, 5.41) is 2.08. The molecule has 2 aliphatic rings. The smallest absolute Gasteiger partial charge is 0.0860 e. The summed E-state index contributed by atoms with van der Waals surface area (Å²) in [7, 11) is 2.26. The highest BCUT2D eigenvalue weighted by atomic mass is 32.2. The van der Waals surface area contributed by atoms with Crippen LogP contribution >= 0.6 is 23.1 Å². The van der Waals surface area contributed by atoms with E-state index in [2.05, 4.69) is 64.5 Å². The molecule has 4 nitrogen and oxygen atoms in total. The van der Waals surface area contributed by atoms with Crippen LogP contribution in [0.5, 0.6) is 0 Å². The second kappa shape index (κ2) is 10.2. The monoisotopic (exact) mass is 402 g/mol. The summed E-state index contributed by atoms with van der Waals surface area (Å²) in [6.07, 6.45) is 5.34. The predicted octanol–water partition coefficient (Wildman–Crippen LogP) is 4.76. The third kappa shape index (κ3) is 5.74. The fraction of sp³-hybridized carbons (Fsp3) is 0.476. The summed E-state index contributed by atoms with van der Waals surface area (Å²) < 4.78 is 0. The van der Waals surface area contributed by atoms with Crippen LogP contribution in [0.1, 0.15) is 24.1 Å². The number of rotatable bonds is 4. The second-order valence-electron chi connectivity index (χ2n) is 7.05. The van der Waals surface area contributed by atoms with Gasteiger partial charge in [-0.15, -0.1) is 23.1 Å². The number of nitrogens with two attached hydrogens (primary N) is 1. The van der Waals surface area contributed by atoms with Gasteiger partial charge < -0.3 is 15.5 Å². The van der Waals surface area contributed by atoms with Crippen LogP contribution in [-0.4, -0.2) is 49.7 Å². The zero-order chi connectivity index (χ0) is 19.1. The standard InChI is InChI=1S/C16H24N4S.C5H6S/c1-19-7-2-3-14(19)6-8-20-9-10-21-16-11-13(18-12-17)4-5-15(16)20;1-5-3-2-4-6-5/h4-5,11-12,14H,2-3,6-10H2,1H3,(H2,17,18);2-4H,1H3. The molecular weight excluding hydrogens is 372 g/mol. The Kier molecular flexibility index (Phi) is 7.61. The average Bonchev–Trinajstić information content (AvgIpc) is 3.31. The molecule has 1 unspecified atom stereocenters. The molecule has 1 atom stereocenters. The van der Waals surface area contributed by atoms with Gasteiger partial charge in [-0.1, -0.05) is 6.07 Å². The van der Waals surface area contributed by atoms with E-state index in [1.54, 1.807) is 11.3 Å². The largest absolute Gasteiger partial charge is 0.390 e. The molecule has 2 aliphatic heterocycles. The average molecular weight is 403 g/mol. The zero-order valence-electron chi connectivity index (χ0n) is 16.3. The van der Waals surface area contributed by atoms with Crippen LogP contribution in [0.3, 0.4) is 0 Å². The Morgan fingerprint density at radius 3 is 2.81 bits per heavy atom. The van der Waals surface area contributed by atoms with E-state index in [-0.39, 0.29) is 0 Å². The van der Waals surface area contributed by atoms with E-state index in [0.29, 0.717) is 0 Å². The summed E-state index contributed by atoms with van der Waals surface area (Å²) in [5.74, 6) is 1.16. The summed E-state index contributed by atoms with van der Waals surface area (Å²) in [5.41, 5.74) is 7.69. The Labute approximate surface area is 171 Å². The molecule has 2 N–H and O–H groups in total. The van der Waals surface area contributed by atoms with E-state index in [4.69, 9.17) is 5.73 Å². The van der Waals surface area contributed by atoms with Crippen molar-refractivity contribution in [2.75, 3.05) is 37.3 Å². The maximum absolute atomic E-state index is 5.38. The molecule has 1 aromatic heterocycles. The molecule has 1 fully saturated rings. The molecule has 4 rings (SSSR count). The van der Waals surface area contributed by atoms with Crippen LogP contribution in [0.2, 0.25) is 0 Å². The summed E-state index contributed by atoms with van der Waals surface area (Å²) >= 11 is 3.70. The Hall–Kier alpha value is -1.50. The summed E-state index contributed by atoms with van der Waals surface area (Å²) in [6, 6.07) is 11.3. The third-order valence-electron chi connectivity index (χ3n) is 5.19. The topological polar surface area (TPSA) is 44.9 Å². The first-order chi connectivity index (χ1) is 13.2. The van der Waals surface area contributed by atoms with Crippen LogP contribution in [0.4, 0.5) is 11.4 Å². The van der Waals surface area contributed by atoms with Gasteiger partial charge in [-0.3, -0.25) is 0 Å². The van der Waals surface area contributed by atoms with Gasteiger partial charge in [0.25, 0.3) is 0 Å². The number of aryl methyl sites for hydroxylation is 1. The van der Waals surface area contributed by atoms with Crippen molar-refractivity contribution in [3.8, 4) is 0 Å². The highest BCUT2D eigenvalue weighted by Crippen LogP contribution is 2.37. The number of aliphatic imine (C=N–C) groups is 1. The minimum absolute atomic E-state index is 0.768. The van der Waals surface area contributed by atoms with Gasteiger partial charge in [-0.05, 0) is 69.4 Å². The molecule has 0 spiro atoms. The first-order valence-electron chi connectivity index (χ1n) is 9.64. The Morgan fingerprint density at radius 1 is 1.30 bits per heavy atom. The normalized spacial score (nSPS) is 19.8. The molecule has 0 saturated carbocycles. The van der Waals surface area contributed by atoms with Gasteiger partial charge in [0.2, 0.25) is 0 Å². The molecule has 146 valence electrons. The van der Waals surface area contributed by atoms with Gasteiger partial charge in [-0.2, -0.15) is 0 Å². The van der Waals surface area contributed by atoms with Crippen molar-refractivity contribution in [1.29, 1.82) is 0 Å². The van der Waals surface area contributed by atoms with E-state index in [0.717, 1.165) is 30.6 Å². The van der Waals surface area contributed by atoms with Crippen molar-refractivity contribution < 1.29 is 0 Å². The van der Waals surface area contributed by atoms with Gasteiger partial charge in [-0.25, -0.2) is 4.99 Å². The van der Waals surface area contributed by atoms with Crippen molar-refractivity contribution in [3.63, 3.8) is 0 Å². The number of hydrogen-bond donors (Lipinski definition) is 1. The van der Waals surface area contributed by atoms with Crippen molar-refractivity contribution in [2.45, 2.75) is 37.1 Å². The zero-order valence-corrected chi connectivity index (χ0v) is 17.9. The number of thiophene rings is 1. The van der Waals surface area contributed by atoms with Crippen LogP contribution in [-0.2, 0) is 0 Å². The first-order valence-corrected chi connectivity index (χ1v) is 11.5. The lowest BCUT2D eigenvalue weighted by molar-refractivity contribution is 0.298. The molecule has 2 aromatic rings. The van der Waals surface area contributed by atoms with Gasteiger partial charge in [0.1, 0.15) is 0 Å². The lowest BCUT2D eigenvalue weighted by atomic mass is 10.1. The van der Waals surface area contributed by atoms with E-state index in [1.807, 2.05) is 11.8 Å². The predicted molar refractivity (Wildman–Crippen MR) is 121 cm³/mol. The van der Waals surface area contributed by atoms with Crippen molar-refractivity contribution in [2.24, 2.45) is 10.7 Å². The maximum atomic E-state index is 5.38. The van der Waals surface area contributed by atoms with Gasteiger partial charge >= 0.3 is 0 Å². The molecule has 27 heavy (non-hydrogen) atoms. The number of thioether (sulfide) groups is 1.